The highest BCUT2D eigenvalue weighted by Crippen LogP contribution is 2.60. The highest BCUT2D eigenvalue weighted by Gasteiger charge is 2.46. The molecule has 14 aromatic rings. The molecule has 1 heterocycles. The maximum atomic E-state index is 7.09. The molecule has 0 fully saturated rings. The van der Waals surface area contributed by atoms with Crippen LogP contribution in [0.2, 0.25) is 0 Å². The Morgan fingerprint density at radius 1 is 0.279 bits per heavy atom. The molecule has 692 valence electrons. The fourth-order valence-electron chi connectivity index (χ4n) is 23.4. The van der Waals surface area contributed by atoms with Gasteiger partial charge in [0.15, 0.2) is 11.5 Å². The van der Waals surface area contributed by atoms with E-state index in [0.29, 0.717) is 0 Å². The minimum absolute atomic E-state index is 0.163. The molecule has 136 heavy (non-hydrogen) atoms. The second-order valence-electron chi connectivity index (χ2n) is 40.7. The van der Waals surface area contributed by atoms with Crippen LogP contribution in [-0.2, 0) is 68.6 Å². The normalized spacial score (nSPS) is 13.5. The molecule has 0 saturated heterocycles. The van der Waals surface area contributed by atoms with E-state index in [1.54, 1.807) is 27.8 Å². The summed E-state index contributed by atoms with van der Waals surface area (Å²) in [6.07, 6.45) is 47.8. The zero-order chi connectivity index (χ0) is 92.7. The summed E-state index contributed by atoms with van der Waals surface area (Å²) < 4.78 is 7.09. The Morgan fingerprint density at radius 2 is 0.625 bits per heavy atom. The van der Waals surface area contributed by atoms with Crippen LogP contribution >= 0.6 is 0 Å². The molecule has 0 radical (unpaired) electrons. The smallest absolute Gasteiger partial charge is 0.152 e. The number of rotatable bonds is 47. The third-order valence-corrected chi connectivity index (χ3v) is 31.3. The first-order chi connectivity index (χ1) is 66.9. The lowest BCUT2D eigenvalue weighted by Gasteiger charge is -2.34. The molecule has 5 aliphatic rings. The summed E-state index contributed by atoms with van der Waals surface area (Å²) >= 11 is 0. The molecule has 4 heteroatoms. The Labute approximate surface area is 815 Å². The van der Waals surface area contributed by atoms with E-state index >= 15 is 0 Å². The lowest BCUT2D eigenvalue weighted by atomic mass is 9.69. The van der Waals surface area contributed by atoms with Crippen LogP contribution in [0.3, 0.4) is 0 Å². The van der Waals surface area contributed by atoms with E-state index in [2.05, 4.69) is 360 Å². The Bertz CT molecular complexity index is 6420. The number of anilines is 9. The molecular formula is C132H143N3O. The molecule has 4 aliphatic carbocycles. The number of benzene rings is 14. The molecule has 0 bridgehead atoms. The van der Waals surface area contributed by atoms with Crippen LogP contribution in [0.15, 0.2) is 316 Å². The number of nitrogens with zero attached hydrogens (tertiary/aromatic N) is 3. The van der Waals surface area contributed by atoms with Gasteiger partial charge in [-0.2, -0.15) is 0 Å². The molecular weight excluding hydrogens is 1640 g/mol. The Morgan fingerprint density at radius 3 is 1.06 bits per heavy atom. The van der Waals surface area contributed by atoms with E-state index in [1.807, 2.05) is 6.08 Å². The van der Waals surface area contributed by atoms with Crippen molar-refractivity contribution in [2.45, 2.75) is 283 Å². The molecule has 0 unspecified atom stereocenters. The minimum Gasteiger partial charge on any atom is -0.453 e. The van der Waals surface area contributed by atoms with Gasteiger partial charge < -0.3 is 19.4 Å². The molecule has 0 amide bonds. The molecule has 19 rings (SSSR count). The van der Waals surface area contributed by atoms with Crippen molar-refractivity contribution in [2.24, 2.45) is 0 Å². The van der Waals surface area contributed by atoms with Gasteiger partial charge in [0.05, 0.1) is 11.4 Å². The summed E-state index contributed by atoms with van der Waals surface area (Å²) in [7, 11) is 0. The molecule has 1 aliphatic heterocycles. The highest BCUT2D eigenvalue weighted by atomic mass is 16.5. The number of allylic oxidation sites excluding steroid dienone is 2. The fraction of sp³-hybridized carbons (Fsp3) is 0.333. The van der Waals surface area contributed by atoms with Gasteiger partial charge in [-0.3, -0.25) is 0 Å². The average Bonchev–Trinajstić information content (AvgIpc) is 1.55. The van der Waals surface area contributed by atoms with Crippen molar-refractivity contribution in [1.82, 2.24) is 0 Å². The Kier molecular flexibility index (Phi) is 29.6. The third kappa shape index (κ3) is 20.3. The van der Waals surface area contributed by atoms with Crippen LogP contribution in [0.1, 0.15) is 284 Å². The molecule has 0 spiro atoms. The predicted octanol–water partition coefficient (Wildman–Crippen LogP) is 38.0. The van der Waals surface area contributed by atoms with Gasteiger partial charge in [0.2, 0.25) is 0 Å². The van der Waals surface area contributed by atoms with Gasteiger partial charge in [-0.05, 0) is 409 Å². The van der Waals surface area contributed by atoms with Gasteiger partial charge in [0, 0.05) is 50.6 Å². The number of fused-ring (bicyclic) bond motifs is 10. The van der Waals surface area contributed by atoms with Crippen LogP contribution in [0.5, 0.6) is 11.5 Å². The van der Waals surface area contributed by atoms with Crippen molar-refractivity contribution >= 4 is 51.2 Å². The number of unbranched alkanes of at least 4 members (excludes halogenated alkanes) is 17. The third-order valence-electron chi connectivity index (χ3n) is 31.3. The van der Waals surface area contributed by atoms with Crippen LogP contribution in [-0.4, -0.2) is 0 Å². The summed E-state index contributed by atoms with van der Waals surface area (Å²) in [5.74, 6) is 1.79. The number of aryl methyl sites for hydroxylation is 11. The topological polar surface area (TPSA) is 19.0 Å². The Balaban J connectivity index is 0.697. The molecule has 0 aromatic heterocycles. The molecule has 14 aromatic carbocycles. The molecule has 4 nitrogen and oxygen atoms in total. The summed E-state index contributed by atoms with van der Waals surface area (Å²) in [6, 6.07) is 115. The Hall–Kier alpha value is -12.2. The maximum Gasteiger partial charge on any atom is 0.152 e. The van der Waals surface area contributed by atoms with E-state index in [1.165, 1.54) is 265 Å². The number of ether oxygens (including phenoxy) is 1. The van der Waals surface area contributed by atoms with Crippen LogP contribution in [0.25, 0.3) is 55.6 Å². The fourth-order valence-corrected chi connectivity index (χ4v) is 23.4. The molecule has 0 atom stereocenters. The van der Waals surface area contributed by atoms with Crippen molar-refractivity contribution in [3.8, 4) is 67.1 Å². The van der Waals surface area contributed by atoms with Crippen LogP contribution in [0, 0.1) is 13.8 Å². The quantitative estimate of drug-likeness (QED) is 0.0279. The van der Waals surface area contributed by atoms with Gasteiger partial charge >= 0.3 is 0 Å². The second kappa shape index (κ2) is 43.4. The zero-order valence-electron chi connectivity index (χ0n) is 82.2. The number of hydrogen-bond donors (Lipinski definition) is 0. The van der Waals surface area contributed by atoms with Gasteiger partial charge in [-0.1, -0.05) is 305 Å². The lowest BCUT2D eigenvalue weighted by molar-refractivity contribution is 0.398. The first-order valence-corrected chi connectivity index (χ1v) is 52.9. The average molecular weight is 1790 g/mol. The van der Waals surface area contributed by atoms with Crippen molar-refractivity contribution in [3.05, 3.63) is 400 Å². The van der Waals surface area contributed by atoms with Crippen molar-refractivity contribution in [1.29, 1.82) is 0 Å². The lowest BCUT2D eigenvalue weighted by Crippen LogP contribution is -2.26. The van der Waals surface area contributed by atoms with E-state index < -0.39 is 0 Å². The van der Waals surface area contributed by atoms with Crippen molar-refractivity contribution in [3.63, 3.8) is 0 Å². The number of hydrogen-bond acceptors (Lipinski definition) is 4. The van der Waals surface area contributed by atoms with Gasteiger partial charge in [-0.15, -0.1) is 13.2 Å². The van der Waals surface area contributed by atoms with E-state index in [-0.39, 0.29) is 10.8 Å². The van der Waals surface area contributed by atoms with E-state index in [0.717, 1.165) is 146 Å². The highest BCUT2D eigenvalue weighted by molar-refractivity contribution is 5.93. The van der Waals surface area contributed by atoms with Crippen LogP contribution < -0.4 is 19.4 Å². The predicted molar refractivity (Wildman–Crippen MR) is 582 cm³/mol. The molecule has 0 saturated carbocycles. The largest absolute Gasteiger partial charge is 0.453 e. The summed E-state index contributed by atoms with van der Waals surface area (Å²) in [5.41, 5.74) is 45.0. The van der Waals surface area contributed by atoms with Crippen molar-refractivity contribution < 1.29 is 4.74 Å². The van der Waals surface area contributed by atoms with E-state index in [9.17, 15) is 0 Å². The monoisotopic (exact) mass is 1790 g/mol. The second-order valence-corrected chi connectivity index (χ2v) is 40.7. The van der Waals surface area contributed by atoms with Gasteiger partial charge in [0.25, 0.3) is 0 Å². The summed E-state index contributed by atoms with van der Waals surface area (Å²) in [4.78, 5) is 7.32. The zero-order valence-corrected chi connectivity index (χ0v) is 82.2. The standard InChI is InChI=1S/C132H143N3O/c1-8-13-18-20-22-30-81-131(82-31-23-21-19-14-9-2)124-91-108(62-77-121(124)122-78-63-110(93-126(122)131)111-64-80-128-130(94-111)136-129-85-96(7)47-79-127(129)135(128)116-67-50-97(51-68-116)36-17-12-5)109-61-76-120-119-75-60-107(90-123(119)132(125(120)92-109,83-32-24-28-39-100-48-52-102-54-56-105(102)86-100)84-33-25-29-40-101-49-53-103-55-57-106(103)87-101)104-58-69-113(70-59-104)134(118-44-35-42-99(89-118)38-27-16-11-4)115-73-71-114(72-74-115)133(112-65-45-95(6)46-66-112)117-43-34-41-98(88-117)37-26-15-10-3/h10-11,34-35,41-53,58-80,85-94H,3-4,8-9,12-33,36-40,54-57,81-84H2,1-2,5-7H3. The van der Waals surface area contributed by atoms with Crippen LogP contribution in [0.4, 0.5) is 51.2 Å². The van der Waals surface area contributed by atoms with E-state index in [4.69, 9.17) is 4.74 Å². The first-order valence-electron chi connectivity index (χ1n) is 52.9. The minimum atomic E-state index is -0.213. The van der Waals surface area contributed by atoms with Gasteiger partial charge in [-0.25, -0.2) is 0 Å². The SMILES string of the molecule is C=CCCCc1cccc(N(c2ccc(C)cc2)c2ccc(N(c3ccc(-c4ccc5c(c4)C(CCCCCc4ccc6c(c4)CC6)(CCCCCc4ccc6c(c4)CC6)c4cc(-c6ccc7c(c6)C(CCCCCCCC)(CCCCCCCC)c6cc(-c8ccc9c(c8)Oc8cc(C)ccc8N9c8ccc(CCCC)cc8)ccc6-7)ccc4-5)cc3)c3cccc(CCCC=C)c3)cc2)c1. The molecule has 0 N–H and O–H groups in total. The van der Waals surface area contributed by atoms with Gasteiger partial charge in [0.1, 0.15) is 0 Å². The summed E-state index contributed by atoms with van der Waals surface area (Å²) in [6.45, 7) is 19.5. The van der Waals surface area contributed by atoms with Crippen molar-refractivity contribution in [2.75, 3.05) is 14.7 Å². The summed E-state index contributed by atoms with van der Waals surface area (Å²) in [5, 5.41) is 0. The maximum absolute atomic E-state index is 7.09. The first kappa shape index (κ1) is 92.8.